The van der Waals surface area contributed by atoms with Crippen LogP contribution in [0.3, 0.4) is 0 Å². The van der Waals surface area contributed by atoms with Crippen molar-refractivity contribution in [1.29, 1.82) is 0 Å². The van der Waals surface area contributed by atoms with E-state index in [9.17, 15) is 14.4 Å². The summed E-state index contributed by atoms with van der Waals surface area (Å²) in [6.07, 6.45) is 1.36. The lowest BCUT2D eigenvalue weighted by Gasteiger charge is -2.26. The Hall–Kier alpha value is -3.62. The highest BCUT2D eigenvalue weighted by Gasteiger charge is 2.37. The van der Waals surface area contributed by atoms with E-state index in [4.69, 9.17) is 21.1 Å². The molecule has 1 saturated heterocycles. The number of anilines is 1. The second-order valence-corrected chi connectivity index (χ2v) is 8.51. The molecule has 0 radical (unpaired) electrons. The molecule has 1 fully saturated rings. The largest absolute Gasteiger partial charge is 0.497 e. The van der Waals surface area contributed by atoms with Gasteiger partial charge in [-0.1, -0.05) is 45.7 Å². The van der Waals surface area contributed by atoms with Crippen molar-refractivity contribution in [1.82, 2.24) is 5.32 Å². The second-order valence-electron chi connectivity index (χ2n) is 7.22. The molecule has 3 aromatic carbocycles. The number of rotatable bonds is 6. The van der Waals surface area contributed by atoms with Gasteiger partial charge in [-0.05, 0) is 54.6 Å². The smallest absolute Gasteiger partial charge is 0.335 e. The summed E-state index contributed by atoms with van der Waals surface area (Å²) in [6, 6.07) is 18.0. The monoisotopic (exact) mass is 540 g/mol. The van der Waals surface area contributed by atoms with E-state index in [0.29, 0.717) is 22.1 Å². The first-order valence-corrected chi connectivity index (χ1v) is 11.3. The van der Waals surface area contributed by atoms with Crippen LogP contribution in [0.15, 0.2) is 76.8 Å². The van der Waals surface area contributed by atoms with Gasteiger partial charge in [0.15, 0.2) is 0 Å². The number of halogens is 2. The Bertz CT molecular complexity index is 1310. The SMILES string of the molecule is COc1ccc(N2C(=O)NC(=O)/C(=C\c3cc(Cl)ccc3OCc3ccccc3Br)C2=O)cc1. The first kappa shape index (κ1) is 23.5. The Kier molecular flexibility index (Phi) is 7.00. The average Bonchev–Trinajstić information content (AvgIpc) is 2.82. The number of urea groups is 1. The van der Waals surface area contributed by atoms with Crippen molar-refractivity contribution in [2.45, 2.75) is 6.61 Å². The van der Waals surface area contributed by atoms with Crippen molar-refractivity contribution >= 4 is 57.1 Å². The van der Waals surface area contributed by atoms with Gasteiger partial charge in [0.05, 0.1) is 12.8 Å². The highest BCUT2D eigenvalue weighted by atomic mass is 79.9. The number of carbonyl (C=O) groups is 3. The van der Waals surface area contributed by atoms with Gasteiger partial charge in [-0.15, -0.1) is 0 Å². The van der Waals surface area contributed by atoms with Gasteiger partial charge in [-0.3, -0.25) is 14.9 Å². The molecule has 0 atom stereocenters. The normalized spacial score (nSPS) is 14.9. The van der Waals surface area contributed by atoms with Gasteiger partial charge >= 0.3 is 6.03 Å². The Labute approximate surface area is 209 Å². The number of carbonyl (C=O) groups excluding carboxylic acids is 3. The predicted molar refractivity (Wildman–Crippen MR) is 132 cm³/mol. The standard InChI is InChI=1S/C25H18BrClN2O5/c1-33-19-9-7-18(8-10-19)29-24(31)20(23(30)28-25(29)32)13-16-12-17(27)6-11-22(16)34-14-15-4-2-3-5-21(15)26/h2-13H,14H2,1H3,(H,28,30,32)/b20-13+. The summed E-state index contributed by atoms with van der Waals surface area (Å²) in [5.41, 5.74) is 1.39. The van der Waals surface area contributed by atoms with Gasteiger partial charge in [0, 0.05) is 20.6 Å². The van der Waals surface area contributed by atoms with Crippen LogP contribution < -0.4 is 19.7 Å². The van der Waals surface area contributed by atoms with Gasteiger partial charge < -0.3 is 9.47 Å². The third kappa shape index (κ3) is 4.98. The van der Waals surface area contributed by atoms with Gasteiger partial charge in [-0.2, -0.15) is 0 Å². The first-order chi connectivity index (χ1) is 16.4. The maximum absolute atomic E-state index is 13.2. The van der Waals surface area contributed by atoms with Gasteiger partial charge in [0.25, 0.3) is 11.8 Å². The van der Waals surface area contributed by atoms with E-state index in [2.05, 4.69) is 21.2 Å². The molecular formula is C25H18BrClN2O5. The Balaban J connectivity index is 1.67. The van der Waals surface area contributed by atoms with Crippen LogP contribution in [0.1, 0.15) is 11.1 Å². The summed E-state index contributed by atoms with van der Waals surface area (Å²) in [6.45, 7) is 0.246. The molecule has 7 nitrogen and oxygen atoms in total. The molecule has 0 unspecified atom stereocenters. The number of nitrogens with zero attached hydrogens (tertiary/aromatic N) is 1. The zero-order chi connectivity index (χ0) is 24.2. The summed E-state index contributed by atoms with van der Waals surface area (Å²) in [5, 5.41) is 2.60. The molecule has 1 aliphatic rings. The zero-order valence-corrected chi connectivity index (χ0v) is 20.2. The van der Waals surface area contributed by atoms with Crippen LogP contribution in [-0.2, 0) is 16.2 Å². The third-order valence-corrected chi connectivity index (χ3v) is 6.05. The van der Waals surface area contributed by atoms with E-state index in [0.717, 1.165) is 14.9 Å². The number of barbiturate groups is 1. The molecule has 3 aromatic rings. The number of nitrogens with one attached hydrogen (secondary N) is 1. The molecule has 0 aromatic heterocycles. The molecule has 34 heavy (non-hydrogen) atoms. The maximum Gasteiger partial charge on any atom is 0.335 e. The van der Waals surface area contributed by atoms with Crippen LogP contribution in [-0.4, -0.2) is 25.0 Å². The highest BCUT2D eigenvalue weighted by molar-refractivity contribution is 9.10. The predicted octanol–water partition coefficient (Wildman–Crippen LogP) is 5.36. The van der Waals surface area contributed by atoms with Crippen LogP contribution in [0, 0.1) is 0 Å². The van der Waals surface area contributed by atoms with Crippen molar-refractivity contribution in [2.75, 3.05) is 12.0 Å². The highest BCUT2D eigenvalue weighted by Crippen LogP contribution is 2.29. The number of amides is 4. The van der Waals surface area contributed by atoms with Crippen molar-refractivity contribution in [3.05, 3.63) is 92.9 Å². The van der Waals surface area contributed by atoms with Gasteiger partial charge in [-0.25, -0.2) is 9.69 Å². The fourth-order valence-electron chi connectivity index (χ4n) is 3.31. The third-order valence-electron chi connectivity index (χ3n) is 5.04. The Morgan fingerprint density at radius 2 is 1.76 bits per heavy atom. The van der Waals surface area contributed by atoms with Crippen molar-refractivity contribution < 1.29 is 23.9 Å². The zero-order valence-electron chi connectivity index (χ0n) is 17.9. The van der Waals surface area contributed by atoms with E-state index in [1.54, 1.807) is 42.5 Å². The second kappa shape index (κ2) is 10.1. The Morgan fingerprint density at radius 3 is 2.47 bits per heavy atom. The fraction of sp³-hybridized carbons (Fsp3) is 0.0800. The number of methoxy groups -OCH3 is 1. The average molecular weight is 542 g/mol. The van der Waals surface area contributed by atoms with E-state index < -0.39 is 17.8 Å². The van der Waals surface area contributed by atoms with Crippen LogP contribution in [0.4, 0.5) is 10.5 Å². The Morgan fingerprint density at radius 1 is 1.03 bits per heavy atom. The maximum atomic E-state index is 13.2. The molecular weight excluding hydrogens is 524 g/mol. The lowest BCUT2D eigenvalue weighted by atomic mass is 10.1. The minimum absolute atomic E-state index is 0.233. The topological polar surface area (TPSA) is 84.9 Å². The number of imide groups is 2. The molecule has 1 N–H and O–H groups in total. The van der Waals surface area contributed by atoms with Crippen molar-refractivity contribution in [3.8, 4) is 11.5 Å². The molecule has 0 bridgehead atoms. The molecule has 9 heteroatoms. The van der Waals surface area contributed by atoms with E-state index in [1.165, 1.54) is 13.2 Å². The summed E-state index contributed by atoms with van der Waals surface area (Å²) >= 11 is 9.65. The molecule has 172 valence electrons. The van der Waals surface area contributed by atoms with Crippen LogP contribution in [0.2, 0.25) is 5.02 Å². The summed E-state index contributed by atoms with van der Waals surface area (Å²) in [4.78, 5) is 39.1. The van der Waals surface area contributed by atoms with E-state index in [1.807, 2.05) is 24.3 Å². The number of hydrogen-bond acceptors (Lipinski definition) is 5. The molecule has 0 aliphatic carbocycles. The van der Waals surface area contributed by atoms with Crippen molar-refractivity contribution in [3.63, 3.8) is 0 Å². The molecule has 0 saturated carbocycles. The van der Waals surface area contributed by atoms with E-state index >= 15 is 0 Å². The van der Waals surface area contributed by atoms with Crippen LogP contribution >= 0.6 is 27.5 Å². The quantitative estimate of drug-likeness (QED) is 0.336. The number of hydrogen-bond donors (Lipinski definition) is 1. The minimum Gasteiger partial charge on any atom is -0.497 e. The lowest BCUT2D eigenvalue weighted by molar-refractivity contribution is -0.122. The fourth-order valence-corrected chi connectivity index (χ4v) is 3.89. The molecule has 1 heterocycles. The number of benzene rings is 3. The number of ether oxygens (including phenoxy) is 2. The van der Waals surface area contributed by atoms with E-state index in [-0.39, 0.29) is 17.9 Å². The van der Waals surface area contributed by atoms with Gasteiger partial charge in [0.1, 0.15) is 23.7 Å². The molecule has 0 spiro atoms. The lowest BCUT2D eigenvalue weighted by Crippen LogP contribution is -2.54. The summed E-state index contributed by atoms with van der Waals surface area (Å²) in [5.74, 6) is -0.598. The van der Waals surface area contributed by atoms with Gasteiger partial charge in [0.2, 0.25) is 0 Å². The summed E-state index contributed by atoms with van der Waals surface area (Å²) in [7, 11) is 1.51. The molecule has 1 aliphatic heterocycles. The minimum atomic E-state index is -0.839. The molecule has 4 amide bonds. The van der Waals surface area contributed by atoms with Crippen LogP contribution in [0.25, 0.3) is 6.08 Å². The van der Waals surface area contributed by atoms with Crippen LogP contribution in [0.5, 0.6) is 11.5 Å². The summed E-state index contributed by atoms with van der Waals surface area (Å²) < 4.78 is 12.0. The van der Waals surface area contributed by atoms with Crippen molar-refractivity contribution in [2.24, 2.45) is 0 Å². The first-order valence-electron chi connectivity index (χ1n) is 10.1. The molecule has 4 rings (SSSR count).